The van der Waals surface area contributed by atoms with Crippen LogP contribution >= 0.6 is 0 Å². The van der Waals surface area contributed by atoms with Gasteiger partial charge in [0.15, 0.2) is 0 Å². The lowest BCUT2D eigenvalue weighted by Crippen LogP contribution is -2.63. The van der Waals surface area contributed by atoms with Crippen LogP contribution in [0.5, 0.6) is 0 Å². The summed E-state index contributed by atoms with van der Waals surface area (Å²) in [5, 5.41) is 0. The van der Waals surface area contributed by atoms with E-state index in [0.29, 0.717) is 0 Å². The average molecular weight is 258 g/mol. The van der Waals surface area contributed by atoms with Gasteiger partial charge in [-0.15, -0.1) is 0 Å². The number of fused-ring (bicyclic) bond motifs is 2. The molecule has 0 spiro atoms. The van der Waals surface area contributed by atoms with Gasteiger partial charge in [0.2, 0.25) is 0 Å². The molecule has 0 fully saturated rings. The second-order valence-electron chi connectivity index (χ2n) is 6.38. The van der Waals surface area contributed by atoms with Gasteiger partial charge in [0, 0.05) is 18.2 Å². The van der Waals surface area contributed by atoms with Crippen molar-refractivity contribution in [1.82, 2.24) is 0 Å². The van der Waals surface area contributed by atoms with E-state index in [1.165, 1.54) is 11.3 Å². The fourth-order valence-electron chi connectivity index (χ4n) is 3.69. The van der Waals surface area contributed by atoms with Crippen molar-refractivity contribution >= 4 is 5.69 Å². The number of hydrogen-bond donors (Lipinski definition) is 1. The minimum atomic E-state index is -0.329. The SMILES string of the molecule is CC1=C(N)C2N(C)c3ccccc3C(C)(C)C2(C)O1. The third-order valence-corrected chi connectivity index (χ3v) is 5.17. The molecule has 2 aliphatic heterocycles. The molecule has 2 heterocycles. The Balaban J connectivity index is 2.27. The standard InChI is InChI=1S/C16H22N2O/c1-10-13(17)14-16(4,19-10)15(2,3)11-8-6-7-9-12(11)18(14)5/h6-9,14H,17H2,1-5H3. The summed E-state index contributed by atoms with van der Waals surface area (Å²) < 4.78 is 6.22. The van der Waals surface area contributed by atoms with Crippen LogP contribution in [-0.4, -0.2) is 18.7 Å². The lowest BCUT2D eigenvalue weighted by molar-refractivity contribution is -0.0332. The lowest BCUT2D eigenvalue weighted by Gasteiger charge is -2.53. The summed E-state index contributed by atoms with van der Waals surface area (Å²) in [6, 6.07) is 8.63. The highest BCUT2D eigenvalue weighted by Crippen LogP contribution is 2.54. The average Bonchev–Trinajstić information content (AvgIpc) is 2.60. The topological polar surface area (TPSA) is 38.5 Å². The molecule has 3 nitrogen and oxygen atoms in total. The van der Waals surface area contributed by atoms with Gasteiger partial charge in [0.25, 0.3) is 0 Å². The van der Waals surface area contributed by atoms with Crippen LogP contribution < -0.4 is 10.6 Å². The van der Waals surface area contributed by atoms with Gasteiger partial charge in [0.1, 0.15) is 17.4 Å². The molecular formula is C16H22N2O. The second-order valence-corrected chi connectivity index (χ2v) is 6.38. The molecule has 0 amide bonds. The van der Waals surface area contributed by atoms with Crippen molar-refractivity contribution in [3.8, 4) is 0 Å². The highest BCUT2D eigenvalue weighted by molar-refractivity contribution is 5.64. The quantitative estimate of drug-likeness (QED) is 0.777. The van der Waals surface area contributed by atoms with E-state index in [9.17, 15) is 0 Å². The molecule has 0 aromatic heterocycles. The van der Waals surface area contributed by atoms with Gasteiger partial charge in [-0.1, -0.05) is 32.0 Å². The number of allylic oxidation sites excluding steroid dienone is 1. The van der Waals surface area contributed by atoms with Crippen LogP contribution in [0.15, 0.2) is 35.7 Å². The van der Waals surface area contributed by atoms with Gasteiger partial charge in [-0.2, -0.15) is 0 Å². The predicted octanol–water partition coefficient (Wildman–Crippen LogP) is 2.76. The summed E-state index contributed by atoms with van der Waals surface area (Å²) in [4.78, 5) is 2.26. The molecule has 0 aliphatic carbocycles. The van der Waals surface area contributed by atoms with Crippen molar-refractivity contribution in [3.63, 3.8) is 0 Å². The molecule has 0 saturated heterocycles. The largest absolute Gasteiger partial charge is 0.487 e. The van der Waals surface area contributed by atoms with Gasteiger partial charge >= 0.3 is 0 Å². The van der Waals surface area contributed by atoms with Crippen LogP contribution in [0.1, 0.15) is 33.3 Å². The highest BCUT2D eigenvalue weighted by atomic mass is 16.5. The normalized spacial score (nSPS) is 31.8. The Kier molecular flexibility index (Phi) is 2.26. The molecule has 19 heavy (non-hydrogen) atoms. The molecule has 0 radical (unpaired) electrons. The maximum absolute atomic E-state index is 6.30. The third kappa shape index (κ3) is 1.28. The van der Waals surface area contributed by atoms with Crippen molar-refractivity contribution in [1.29, 1.82) is 0 Å². The first-order valence-electron chi connectivity index (χ1n) is 6.78. The summed E-state index contributed by atoms with van der Waals surface area (Å²) in [5.74, 6) is 0.861. The van der Waals surface area contributed by atoms with Crippen LogP contribution in [0.25, 0.3) is 0 Å². The Bertz CT molecular complexity index is 576. The third-order valence-electron chi connectivity index (χ3n) is 5.17. The Hall–Kier alpha value is -1.64. The Morgan fingerprint density at radius 2 is 1.84 bits per heavy atom. The smallest absolute Gasteiger partial charge is 0.141 e. The zero-order chi connectivity index (χ0) is 14.0. The first-order valence-corrected chi connectivity index (χ1v) is 6.78. The predicted molar refractivity (Wildman–Crippen MR) is 78.0 cm³/mol. The van der Waals surface area contributed by atoms with Crippen LogP contribution in [0.3, 0.4) is 0 Å². The molecule has 2 N–H and O–H groups in total. The number of para-hydroxylation sites is 1. The van der Waals surface area contributed by atoms with E-state index in [-0.39, 0.29) is 17.1 Å². The van der Waals surface area contributed by atoms with E-state index in [1.807, 2.05) is 6.92 Å². The molecule has 102 valence electrons. The van der Waals surface area contributed by atoms with Crippen molar-refractivity contribution < 1.29 is 4.74 Å². The highest BCUT2D eigenvalue weighted by Gasteiger charge is 2.60. The van der Waals surface area contributed by atoms with Crippen molar-refractivity contribution in [2.24, 2.45) is 5.73 Å². The number of nitrogens with zero attached hydrogens (tertiary/aromatic N) is 1. The molecule has 0 saturated carbocycles. The van der Waals surface area contributed by atoms with Crippen molar-refractivity contribution in [3.05, 3.63) is 41.3 Å². The second kappa shape index (κ2) is 3.47. The molecule has 1 aromatic rings. The summed E-state index contributed by atoms with van der Waals surface area (Å²) in [5.41, 5.74) is 9.30. The first-order chi connectivity index (χ1) is 8.80. The van der Waals surface area contributed by atoms with Gasteiger partial charge in [-0.25, -0.2) is 0 Å². The van der Waals surface area contributed by atoms with Crippen LogP contribution in [0.4, 0.5) is 5.69 Å². The number of anilines is 1. The molecule has 1 aromatic carbocycles. The molecule has 2 unspecified atom stereocenters. The minimum Gasteiger partial charge on any atom is -0.487 e. The number of nitrogens with two attached hydrogens (primary N) is 1. The molecule has 2 aliphatic rings. The van der Waals surface area contributed by atoms with E-state index in [2.05, 4.69) is 57.0 Å². The lowest BCUT2D eigenvalue weighted by atomic mass is 9.64. The fraction of sp³-hybridized carbons (Fsp3) is 0.500. The van der Waals surface area contributed by atoms with E-state index in [1.54, 1.807) is 0 Å². The van der Waals surface area contributed by atoms with E-state index in [0.717, 1.165) is 11.5 Å². The van der Waals surface area contributed by atoms with Gasteiger partial charge in [-0.3, -0.25) is 0 Å². The van der Waals surface area contributed by atoms with Crippen LogP contribution in [0.2, 0.25) is 0 Å². The maximum Gasteiger partial charge on any atom is 0.141 e. The molecule has 3 rings (SSSR count). The minimum absolute atomic E-state index is 0.0941. The summed E-state index contributed by atoms with van der Waals surface area (Å²) in [6.45, 7) is 8.64. The number of ether oxygens (including phenoxy) is 1. The zero-order valence-corrected chi connectivity index (χ0v) is 12.3. The Morgan fingerprint density at radius 3 is 2.53 bits per heavy atom. The van der Waals surface area contributed by atoms with Crippen molar-refractivity contribution in [2.45, 2.75) is 44.8 Å². The summed E-state index contributed by atoms with van der Waals surface area (Å²) in [6.07, 6.45) is 0. The van der Waals surface area contributed by atoms with E-state index >= 15 is 0 Å². The Labute approximate surface area is 115 Å². The van der Waals surface area contributed by atoms with Gasteiger partial charge < -0.3 is 15.4 Å². The summed E-state index contributed by atoms with van der Waals surface area (Å²) >= 11 is 0. The first kappa shape index (κ1) is 12.4. The van der Waals surface area contributed by atoms with Crippen molar-refractivity contribution in [2.75, 3.05) is 11.9 Å². The fourth-order valence-corrected chi connectivity index (χ4v) is 3.69. The molecule has 3 heteroatoms. The molecule has 2 atom stereocenters. The number of benzene rings is 1. The van der Waals surface area contributed by atoms with Crippen LogP contribution in [0, 0.1) is 0 Å². The number of hydrogen-bond acceptors (Lipinski definition) is 3. The summed E-state index contributed by atoms with van der Waals surface area (Å²) in [7, 11) is 2.10. The zero-order valence-electron chi connectivity index (χ0n) is 12.3. The molecular weight excluding hydrogens is 236 g/mol. The van der Waals surface area contributed by atoms with Gasteiger partial charge in [-0.05, 0) is 25.5 Å². The van der Waals surface area contributed by atoms with E-state index in [4.69, 9.17) is 10.5 Å². The molecule has 0 bridgehead atoms. The van der Waals surface area contributed by atoms with E-state index < -0.39 is 0 Å². The van der Waals surface area contributed by atoms with Crippen LogP contribution in [-0.2, 0) is 10.2 Å². The van der Waals surface area contributed by atoms with Gasteiger partial charge in [0.05, 0.1) is 5.70 Å². The number of rotatable bonds is 0. The maximum atomic E-state index is 6.30. The number of likely N-dealkylation sites (N-methyl/N-ethyl adjacent to an activating group) is 1. The monoisotopic (exact) mass is 258 g/mol. The Morgan fingerprint density at radius 1 is 1.21 bits per heavy atom.